The Morgan fingerprint density at radius 3 is 2.64 bits per heavy atom. The van der Waals surface area contributed by atoms with Gasteiger partial charge in [-0.05, 0) is 30.2 Å². The molecule has 0 saturated carbocycles. The summed E-state index contributed by atoms with van der Waals surface area (Å²) in [5.41, 5.74) is 2.82. The number of thioether (sulfide) groups is 1. The van der Waals surface area contributed by atoms with Crippen LogP contribution in [0.25, 0.3) is 17.1 Å². The van der Waals surface area contributed by atoms with Gasteiger partial charge in [0.25, 0.3) is 0 Å². The molecule has 0 atom stereocenters. The maximum Gasteiger partial charge on any atom is 0.237 e. The molecule has 5 rings (SSSR count). The van der Waals surface area contributed by atoms with Gasteiger partial charge in [0.1, 0.15) is 5.82 Å². The van der Waals surface area contributed by atoms with Crippen LogP contribution in [0, 0.1) is 5.82 Å². The number of ether oxygens (including phenoxy) is 1. The Morgan fingerprint density at radius 2 is 1.88 bits per heavy atom. The van der Waals surface area contributed by atoms with E-state index in [0.717, 1.165) is 12.0 Å². The number of aryl methyl sites for hydroxylation is 1. The number of anilines is 1. The van der Waals surface area contributed by atoms with Gasteiger partial charge in [-0.25, -0.2) is 4.39 Å². The summed E-state index contributed by atoms with van der Waals surface area (Å²) in [4.78, 5) is 6.61. The molecule has 0 amide bonds. The van der Waals surface area contributed by atoms with Crippen LogP contribution in [0.4, 0.5) is 10.3 Å². The third kappa shape index (κ3) is 4.76. The van der Waals surface area contributed by atoms with E-state index in [1.807, 2.05) is 22.8 Å². The van der Waals surface area contributed by atoms with Crippen LogP contribution in [0.1, 0.15) is 18.4 Å². The number of benzene rings is 2. The van der Waals surface area contributed by atoms with Gasteiger partial charge in [-0.3, -0.25) is 4.57 Å². The highest BCUT2D eigenvalue weighted by molar-refractivity contribution is 7.98. The van der Waals surface area contributed by atoms with Crippen molar-refractivity contribution in [2.75, 3.05) is 31.2 Å². The van der Waals surface area contributed by atoms with Gasteiger partial charge in [0, 0.05) is 18.7 Å². The molecule has 0 aliphatic carbocycles. The summed E-state index contributed by atoms with van der Waals surface area (Å²) in [6, 6.07) is 14.5. The first-order valence-corrected chi connectivity index (χ1v) is 11.8. The summed E-state index contributed by atoms with van der Waals surface area (Å²) < 4.78 is 26.8. The average Bonchev–Trinajstić information content (AvgIpc) is 3.51. The fourth-order valence-electron chi connectivity index (χ4n) is 3.61. The van der Waals surface area contributed by atoms with E-state index >= 15 is 0 Å². The molecule has 170 valence electrons. The van der Waals surface area contributed by atoms with Gasteiger partial charge >= 0.3 is 0 Å². The normalized spacial score (nSPS) is 14.1. The lowest BCUT2D eigenvalue weighted by atomic mass is 10.1. The number of aromatic nitrogens is 5. The monoisotopic (exact) mass is 466 g/mol. The van der Waals surface area contributed by atoms with Crippen molar-refractivity contribution in [1.29, 1.82) is 0 Å². The smallest absolute Gasteiger partial charge is 0.237 e. The van der Waals surface area contributed by atoms with Crippen molar-refractivity contribution in [1.82, 2.24) is 24.9 Å². The maximum atomic E-state index is 14.0. The van der Waals surface area contributed by atoms with E-state index in [-0.39, 0.29) is 5.82 Å². The number of hydrogen-bond acceptors (Lipinski definition) is 8. The molecular formula is C23H23FN6O2S. The van der Waals surface area contributed by atoms with Crippen molar-refractivity contribution in [3.05, 3.63) is 65.8 Å². The van der Waals surface area contributed by atoms with Crippen molar-refractivity contribution in [3.63, 3.8) is 0 Å². The van der Waals surface area contributed by atoms with Crippen LogP contribution in [0.15, 0.2) is 58.2 Å². The first-order chi connectivity index (χ1) is 16.2. The molecule has 2 aromatic heterocycles. The summed E-state index contributed by atoms with van der Waals surface area (Å²) in [6.07, 6.45) is 0.979. The molecule has 8 nitrogen and oxygen atoms in total. The minimum absolute atomic E-state index is 0.319. The van der Waals surface area contributed by atoms with Gasteiger partial charge in [0.15, 0.2) is 5.16 Å². The van der Waals surface area contributed by atoms with Crippen molar-refractivity contribution < 1.29 is 13.7 Å². The van der Waals surface area contributed by atoms with Crippen LogP contribution in [0.2, 0.25) is 0 Å². The van der Waals surface area contributed by atoms with Gasteiger partial charge < -0.3 is 14.2 Å². The topological polar surface area (TPSA) is 82.1 Å². The largest absolute Gasteiger partial charge is 0.378 e. The quantitative estimate of drug-likeness (QED) is 0.376. The second-order valence-corrected chi connectivity index (χ2v) is 8.49. The highest BCUT2D eigenvalue weighted by atomic mass is 32.2. The molecule has 0 radical (unpaired) electrons. The van der Waals surface area contributed by atoms with E-state index in [4.69, 9.17) is 9.26 Å². The van der Waals surface area contributed by atoms with Crippen molar-refractivity contribution in [3.8, 4) is 17.1 Å². The van der Waals surface area contributed by atoms with E-state index < -0.39 is 0 Å². The minimum Gasteiger partial charge on any atom is -0.378 e. The van der Waals surface area contributed by atoms with E-state index in [1.54, 1.807) is 6.07 Å². The summed E-state index contributed by atoms with van der Waals surface area (Å²) >= 11 is 1.41. The number of halogens is 1. The van der Waals surface area contributed by atoms with Gasteiger partial charge in [-0.1, -0.05) is 54.2 Å². The molecule has 2 aromatic carbocycles. The predicted octanol–water partition coefficient (Wildman–Crippen LogP) is 4.15. The molecule has 33 heavy (non-hydrogen) atoms. The van der Waals surface area contributed by atoms with Crippen LogP contribution >= 0.6 is 11.8 Å². The molecule has 1 fully saturated rings. The van der Waals surface area contributed by atoms with Crippen molar-refractivity contribution in [2.45, 2.75) is 24.3 Å². The molecule has 10 heteroatoms. The summed E-state index contributed by atoms with van der Waals surface area (Å²) in [7, 11) is 0. The number of hydrogen-bond donors (Lipinski definition) is 0. The van der Waals surface area contributed by atoms with Crippen LogP contribution in [0.5, 0.6) is 0 Å². The van der Waals surface area contributed by atoms with Crippen LogP contribution < -0.4 is 4.90 Å². The van der Waals surface area contributed by atoms with E-state index in [1.165, 1.54) is 29.5 Å². The Labute approximate surface area is 194 Å². The lowest BCUT2D eigenvalue weighted by molar-refractivity contribution is 0.122. The fourth-order valence-corrected chi connectivity index (χ4v) is 4.40. The van der Waals surface area contributed by atoms with Crippen LogP contribution in [0.3, 0.4) is 0 Å². The molecule has 1 aliphatic heterocycles. The summed E-state index contributed by atoms with van der Waals surface area (Å²) in [6.45, 7) is 4.74. The predicted molar refractivity (Wildman–Crippen MR) is 123 cm³/mol. The zero-order valence-corrected chi connectivity index (χ0v) is 19.0. The molecule has 0 bridgehead atoms. The summed E-state index contributed by atoms with van der Waals surface area (Å²) in [5.74, 6) is 1.79. The van der Waals surface area contributed by atoms with E-state index in [2.05, 4.69) is 44.3 Å². The molecule has 4 aromatic rings. The first-order valence-electron chi connectivity index (χ1n) is 10.8. The molecule has 3 heterocycles. The van der Waals surface area contributed by atoms with Crippen LogP contribution in [-0.4, -0.2) is 51.2 Å². The molecular weight excluding hydrogens is 443 g/mol. The Balaban J connectivity index is 1.38. The zero-order valence-electron chi connectivity index (χ0n) is 18.1. The third-order valence-corrected chi connectivity index (χ3v) is 6.30. The summed E-state index contributed by atoms with van der Waals surface area (Å²) in [5, 5.41) is 13.5. The van der Waals surface area contributed by atoms with E-state index in [0.29, 0.717) is 60.6 Å². The minimum atomic E-state index is -0.319. The SMILES string of the molecule is CCc1ccc(-c2noc(CSc3nnc(N4CCOCC4)n3-c3cccc(F)c3)n2)cc1. The maximum absolute atomic E-state index is 14.0. The van der Waals surface area contributed by atoms with Crippen molar-refractivity contribution >= 4 is 17.7 Å². The molecule has 1 aliphatic rings. The third-order valence-electron chi connectivity index (χ3n) is 5.39. The van der Waals surface area contributed by atoms with Crippen LogP contribution in [-0.2, 0) is 16.9 Å². The van der Waals surface area contributed by atoms with Gasteiger partial charge in [0.2, 0.25) is 17.7 Å². The van der Waals surface area contributed by atoms with Gasteiger partial charge in [-0.2, -0.15) is 4.98 Å². The highest BCUT2D eigenvalue weighted by Crippen LogP contribution is 2.29. The molecule has 0 N–H and O–H groups in total. The second kappa shape index (κ2) is 9.72. The average molecular weight is 467 g/mol. The first kappa shape index (κ1) is 21.6. The Kier molecular flexibility index (Phi) is 6.36. The Bertz CT molecular complexity index is 1220. The zero-order chi connectivity index (χ0) is 22.6. The number of morpholine rings is 1. The number of nitrogens with zero attached hydrogens (tertiary/aromatic N) is 6. The second-order valence-electron chi connectivity index (χ2n) is 7.55. The molecule has 0 unspecified atom stereocenters. The lowest BCUT2D eigenvalue weighted by Crippen LogP contribution is -2.37. The molecule has 1 saturated heterocycles. The lowest BCUT2D eigenvalue weighted by Gasteiger charge is -2.27. The van der Waals surface area contributed by atoms with Gasteiger partial charge in [-0.15, -0.1) is 10.2 Å². The Hall–Kier alpha value is -3.24. The standard InChI is InChI=1S/C23H23FN6O2S/c1-2-16-6-8-17(9-7-16)21-25-20(32-28-21)15-33-23-27-26-22(29-10-12-31-13-11-29)30(23)19-5-3-4-18(24)14-19/h3-9,14H,2,10-13,15H2,1H3. The van der Waals surface area contributed by atoms with Gasteiger partial charge in [0.05, 0.1) is 24.7 Å². The Morgan fingerprint density at radius 1 is 1.06 bits per heavy atom. The highest BCUT2D eigenvalue weighted by Gasteiger charge is 2.22. The van der Waals surface area contributed by atoms with Crippen molar-refractivity contribution in [2.24, 2.45) is 0 Å². The molecule has 0 spiro atoms. The van der Waals surface area contributed by atoms with E-state index in [9.17, 15) is 4.39 Å². The number of rotatable bonds is 7. The fraction of sp³-hybridized carbons (Fsp3) is 0.304.